The molecule has 110 valence electrons. The van der Waals surface area contributed by atoms with E-state index in [1.807, 2.05) is 0 Å². The van der Waals surface area contributed by atoms with Gasteiger partial charge in [-0.1, -0.05) is 38.7 Å². The van der Waals surface area contributed by atoms with Crippen LogP contribution in [-0.2, 0) is 12.8 Å². The number of aromatic amines is 1. The van der Waals surface area contributed by atoms with Crippen molar-refractivity contribution in [2.75, 3.05) is 6.54 Å². The van der Waals surface area contributed by atoms with Crippen molar-refractivity contribution in [2.45, 2.75) is 58.3 Å². The van der Waals surface area contributed by atoms with Crippen LogP contribution >= 0.6 is 0 Å². The molecular formula is C18H28N2. The minimum absolute atomic E-state index is 0.838. The Morgan fingerprint density at radius 2 is 1.80 bits per heavy atom. The summed E-state index contributed by atoms with van der Waals surface area (Å²) in [4.78, 5) is 3.38. The van der Waals surface area contributed by atoms with Gasteiger partial charge in [0.1, 0.15) is 0 Å². The first kappa shape index (κ1) is 15.1. The minimum Gasteiger partial charge on any atom is -0.361 e. The van der Waals surface area contributed by atoms with Gasteiger partial charge in [0.25, 0.3) is 0 Å². The predicted molar refractivity (Wildman–Crippen MR) is 88.1 cm³/mol. The molecule has 1 aromatic heterocycles. The highest BCUT2D eigenvalue weighted by atomic mass is 14.7. The van der Waals surface area contributed by atoms with Gasteiger partial charge in [-0.25, -0.2) is 0 Å². The van der Waals surface area contributed by atoms with Gasteiger partial charge >= 0.3 is 0 Å². The van der Waals surface area contributed by atoms with Crippen LogP contribution in [0.15, 0.2) is 24.4 Å². The maximum Gasteiger partial charge on any atom is 0.0456 e. The third kappa shape index (κ3) is 4.11. The highest BCUT2D eigenvalue weighted by Gasteiger charge is 2.04. The maximum atomic E-state index is 5.51. The Bertz CT molecular complexity index is 513. The van der Waals surface area contributed by atoms with Crippen LogP contribution in [0.2, 0.25) is 0 Å². The zero-order valence-electron chi connectivity index (χ0n) is 12.8. The Labute approximate surface area is 122 Å². The highest BCUT2D eigenvalue weighted by molar-refractivity contribution is 5.83. The van der Waals surface area contributed by atoms with E-state index in [4.69, 9.17) is 5.73 Å². The van der Waals surface area contributed by atoms with Crippen LogP contribution in [0.1, 0.15) is 56.6 Å². The van der Waals surface area contributed by atoms with Crippen molar-refractivity contribution < 1.29 is 0 Å². The molecule has 0 amide bonds. The molecule has 0 aliphatic carbocycles. The van der Waals surface area contributed by atoms with E-state index in [0.717, 1.165) is 6.54 Å². The molecule has 0 atom stereocenters. The summed E-state index contributed by atoms with van der Waals surface area (Å²) in [5, 5.41) is 1.42. The Hall–Kier alpha value is -1.28. The second kappa shape index (κ2) is 8.11. The maximum absolute atomic E-state index is 5.51. The van der Waals surface area contributed by atoms with Gasteiger partial charge in [-0.15, -0.1) is 0 Å². The molecule has 20 heavy (non-hydrogen) atoms. The fourth-order valence-electron chi connectivity index (χ4n) is 2.86. The van der Waals surface area contributed by atoms with Gasteiger partial charge < -0.3 is 10.7 Å². The molecule has 0 aliphatic rings. The average Bonchev–Trinajstić information content (AvgIpc) is 2.86. The topological polar surface area (TPSA) is 41.8 Å². The van der Waals surface area contributed by atoms with E-state index in [9.17, 15) is 0 Å². The quantitative estimate of drug-likeness (QED) is 0.645. The number of hydrogen-bond donors (Lipinski definition) is 2. The normalized spacial score (nSPS) is 11.3. The molecule has 1 aromatic carbocycles. The van der Waals surface area contributed by atoms with Crippen molar-refractivity contribution in [3.63, 3.8) is 0 Å². The van der Waals surface area contributed by atoms with Gasteiger partial charge in [-0.05, 0) is 55.5 Å². The van der Waals surface area contributed by atoms with Crippen LogP contribution < -0.4 is 5.73 Å². The number of nitrogens with two attached hydrogens (primary N) is 1. The molecule has 0 fully saturated rings. The number of unbranched alkanes of at least 4 members (excludes halogenated alkanes) is 4. The average molecular weight is 272 g/mol. The summed E-state index contributed by atoms with van der Waals surface area (Å²) in [6.45, 7) is 3.08. The molecule has 3 N–H and O–H groups in total. The molecule has 0 saturated heterocycles. The van der Waals surface area contributed by atoms with E-state index < -0.39 is 0 Å². The molecule has 0 spiro atoms. The fraction of sp³-hybridized carbons (Fsp3) is 0.556. The van der Waals surface area contributed by atoms with Crippen LogP contribution in [-0.4, -0.2) is 11.5 Å². The molecule has 2 nitrogen and oxygen atoms in total. The molecule has 2 aromatic rings. The largest absolute Gasteiger partial charge is 0.361 e. The van der Waals surface area contributed by atoms with Crippen molar-refractivity contribution in [2.24, 2.45) is 5.73 Å². The number of aromatic nitrogens is 1. The predicted octanol–water partition coefficient (Wildman–Crippen LogP) is 4.57. The Kier molecular flexibility index (Phi) is 6.13. The van der Waals surface area contributed by atoms with Crippen LogP contribution in [0.5, 0.6) is 0 Å². The standard InChI is InChI=1S/C18H28N2/c1-2-8-16-14-20-18-11-10-15(13-17(16)18)9-6-4-3-5-7-12-19/h10-11,13-14,20H,2-9,12,19H2,1H3. The molecule has 2 heteroatoms. The number of nitrogens with one attached hydrogen (secondary N) is 1. The first-order valence-electron chi connectivity index (χ1n) is 8.14. The Morgan fingerprint density at radius 1 is 1.00 bits per heavy atom. The lowest BCUT2D eigenvalue weighted by molar-refractivity contribution is 0.618. The molecule has 0 saturated carbocycles. The molecule has 0 radical (unpaired) electrons. The zero-order chi connectivity index (χ0) is 14.2. The minimum atomic E-state index is 0.838. The third-order valence-corrected chi connectivity index (χ3v) is 4.02. The number of benzene rings is 1. The summed E-state index contributed by atoms with van der Waals surface area (Å²) in [5.41, 5.74) is 9.74. The number of hydrogen-bond acceptors (Lipinski definition) is 1. The first-order chi connectivity index (χ1) is 9.85. The molecule has 2 rings (SSSR count). The van der Waals surface area contributed by atoms with Gasteiger partial charge in [-0.3, -0.25) is 0 Å². The van der Waals surface area contributed by atoms with Crippen molar-refractivity contribution in [1.29, 1.82) is 0 Å². The number of rotatable bonds is 9. The highest BCUT2D eigenvalue weighted by Crippen LogP contribution is 2.22. The lowest BCUT2D eigenvalue weighted by atomic mass is 10.0. The van der Waals surface area contributed by atoms with Crippen molar-refractivity contribution >= 4 is 10.9 Å². The van der Waals surface area contributed by atoms with Crippen LogP contribution in [0, 0.1) is 0 Å². The Balaban J connectivity index is 1.88. The van der Waals surface area contributed by atoms with E-state index in [2.05, 4.69) is 36.3 Å². The van der Waals surface area contributed by atoms with E-state index in [-0.39, 0.29) is 0 Å². The Morgan fingerprint density at radius 3 is 2.60 bits per heavy atom. The lowest BCUT2D eigenvalue weighted by Crippen LogP contribution is -1.97. The summed E-state index contributed by atoms with van der Waals surface area (Å²) in [6, 6.07) is 6.89. The molecular weight excluding hydrogens is 244 g/mol. The SMILES string of the molecule is CCCc1c[nH]c2ccc(CCCCCCCN)cc12. The van der Waals surface area contributed by atoms with E-state index in [1.54, 1.807) is 0 Å². The van der Waals surface area contributed by atoms with Gasteiger partial charge in [0.15, 0.2) is 0 Å². The van der Waals surface area contributed by atoms with Crippen LogP contribution in [0.3, 0.4) is 0 Å². The van der Waals surface area contributed by atoms with E-state index >= 15 is 0 Å². The molecule has 0 bridgehead atoms. The molecule has 0 unspecified atom stereocenters. The van der Waals surface area contributed by atoms with Gasteiger partial charge in [0, 0.05) is 17.1 Å². The fourth-order valence-corrected chi connectivity index (χ4v) is 2.86. The second-order valence-electron chi connectivity index (χ2n) is 5.75. The lowest BCUT2D eigenvalue weighted by Gasteiger charge is -2.04. The van der Waals surface area contributed by atoms with E-state index in [0.29, 0.717) is 0 Å². The van der Waals surface area contributed by atoms with Gasteiger partial charge in [0.05, 0.1) is 0 Å². The summed E-state index contributed by atoms with van der Waals surface area (Å²) in [5.74, 6) is 0. The number of aryl methyl sites for hydroxylation is 2. The van der Waals surface area contributed by atoms with Crippen molar-refractivity contribution in [3.05, 3.63) is 35.5 Å². The number of H-pyrrole nitrogens is 1. The smallest absolute Gasteiger partial charge is 0.0456 e. The second-order valence-corrected chi connectivity index (χ2v) is 5.75. The van der Waals surface area contributed by atoms with Gasteiger partial charge in [-0.2, -0.15) is 0 Å². The third-order valence-electron chi connectivity index (χ3n) is 4.02. The van der Waals surface area contributed by atoms with Gasteiger partial charge in [0.2, 0.25) is 0 Å². The monoisotopic (exact) mass is 272 g/mol. The first-order valence-corrected chi connectivity index (χ1v) is 8.14. The van der Waals surface area contributed by atoms with Crippen LogP contribution in [0.4, 0.5) is 0 Å². The molecule has 1 heterocycles. The summed E-state index contributed by atoms with van der Waals surface area (Å²) in [6.07, 6.45) is 12.2. The summed E-state index contributed by atoms with van der Waals surface area (Å²) < 4.78 is 0. The van der Waals surface area contributed by atoms with E-state index in [1.165, 1.54) is 73.4 Å². The summed E-state index contributed by atoms with van der Waals surface area (Å²) >= 11 is 0. The van der Waals surface area contributed by atoms with Crippen LogP contribution in [0.25, 0.3) is 10.9 Å². The van der Waals surface area contributed by atoms with Crippen molar-refractivity contribution in [3.8, 4) is 0 Å². The number of fused-ring (bicyclic) bond motifs is 1. The van der Waals surface area contributed by atoms with Crippen molar-refractivity contribution in [1.82, 2.24) is 4.98 Å². The summed E-state index contributed by atoms with van der Waals surface area (Å²) in [7, 11) is 0. The molecule has 0 aliphatic heterocycles. The zero-order valence-corrected chi connectivity index (χ0v) is 12.8.